The highest BCUT2D eigenvalue weighted by Gasteiger charge is 2.08. The van der Waals surface area contributed by atoms with Gasteiger partial charge in [-0.15, -0.1) is 22.0 Å². The van der Waals surface area contributed by atoms with Gasteiger partial charge in [0.2, 0.25) is 5.89 Å². The molecule has 0 aliphatic heterocycles. The number of rotatable bonds is 6. The van der Waals surface area contributed by atoms with E-state index in [4.69, 9.17) is 27.6 Å². The van der Waals surface area contributed by atoms with Crippen molar-refractivity contribution in [1.82, 2.24) is 10.2 Å². The van der Waals surface area contributed by atoms with Crippen LogP contribution in [0.5, 0.6) is 0 Å². The van der Waals surface area contributed by atoms with Crippen molar-refractivity contribution in [3.8, 4) is 0 Å². The standard InChI is InChI=1S/C16H12Cl2N2OS2/c17-12-3-1-11(2-4-12)9-23-16-20-19-15(21-16)10-22-14-7-5-13(18)6-8-14/h1-8H,9-10H2. The van der Waals surface area contributed by atoms with Gasteiger partial charge in [-0.25, -0.2) is 0 Å². The summed E-state index contributed by atoms with van der Waals surface area (Å²) < 4.78 is 5.64. The van der Waals surface area contributed by atoms with Crippen molar-refractivity contribution in [3.63, 3.8) is 0 Å². The highest BCUT2D eigenvalue weighted by atomic mass is 35.5. The summed E-state index contributed by atoms with van der Waals surface area (Å²) in [7, 11) is 0. The molecule has 0 saturated carbocycles. The molecule has 0 aliphatic rings. The predicted octanol–water partition coefficient (Wildman–Crippen LogP) is 5.96. The van der Waals surface area contributed by atoms with Gasteiger partial charge in [0.25, 0.3) is 5.22 Å². The van der Waals surface area contributed by atoms with E-state index in [0.717, 1.165) is 26.3 Å². The number of thioether (sulfide) groups is 2. The average Bonchev–Trinajstić information content (AvgIpc) is 3.02. The molecule has 0 atom stereocenters. The van der Waals surface area contributed by atoms with Crippen molar-refractivity contribution in [3.05, 3.63) is 70.0 Å². The van der Waals surface area contributed by atoms with E-state index in [1.807, 2.05) is 48.5 Å². The quantitative estimate of drug-likeness (QED) is 0.491. The summed E-state index contributed by atoms with van der Waals surface area (Å²) in [6.45, 7) is 0. The zero-order valence-corrected chi connectivity index (χ0v) is 15.1. The fourth-order valence-corrected chi connectivity index (χ4v) is 3.48. The van der Waals surface area contributed by atoms with E-state index in [1.165, 1.54) is 11.8 Å². The monoisotopic (exact) mass is 382 g/mol. The van der Waals surface area contributed by atoms with Crippen LogP contribution in [0, 0.1) is 0 Å². The van der Waals surface area contributed by atoms with Crippen LogP contribution in [0.25, 0.3) is 0 Å². The summed E-state index contributed by atoms with van der Waals surface area (Å²) in [5.41, 5.74) is 1.16. The highest BCUT2D eigenvalue weighted by molar-refractivity contribution is 7.98. The molecule has 0 radical (unpaired) electrons. The number of hydrogen-bond donors (Lipinski definition) is 0. The molecule has 0 aliphatic carbocycles. The maximum atomic E-state index is 5.87. The average molecular weight is 383 g/mol. The molecule has 23 heavy (non-hydrogen) atoms. The molecule has 2 aromatic carbocycles. The van der Waals surface area contributed by atoms with Crippen LogP contribution in [0.15, 0.2) is 63.1 Å². The normalized spacial score (nSPS) is 10.9. The van der Waals surface area contributed by atoms with Gasteiger partial charge >= 0.3 is 0 Å². The van der Waals surface area contributed by atoms with Crippen LogP contribution >= 0.6 is 46.7 Å². The Morgan fingerprint density at radius 1 is 0.783 bits per heavy atom. The van der Waals surface area contributed by atoms with Crippen molar-refractivity contribution >= 4 is 46.7 Å². The second-order valence-corrected chi connectivity index (χ2v) is 7.47. The molecule has 1 heterocycles. The van der Waals surface area contributed by atoms with E-state index < -0.39 is 0 Å². The zero-order chi connectivity index (χ0) is 16.1. The Kier molecular flexibility index (Phi) is 5.89. The third-order valence-corrected chi connectivity index (χ3v) is 5.29. The van der Waals surface area contributed by atoms with Crippen LogP contribution in [0.3, 0.4) is 0 Å². The van der Waals surface area contributed by atoms with E-state index in [1.54, 1.807) is 11.8 Å². The minimum absolute atomic E-state index is 0.576. The Morgan fingerprint density at radius 3 is 2.13 bits per heavy atom. The second-order valence-electron chi connectivity index (χ2n) is 4.62. The van der Waals surface area contributed by atoms with Crippen LogP contribution in [0.4, 0.5) is 0 Å². The topological polar surface area (TPSA) is 38.9 Å². The van der Waals surface area contributed by atoms with Crippen LogP contribution in [-0.2, 0) is 11.5 Å². The van der Waals surface area contributed by atoms with Gasteiger partial charge in [-0.3, -0.25) is 0 Å². The summed E-state index contributed by atoms with van der Waals surface area (Å²) in [4.78, 5) is 1.11. The largest absolute Gasteiger partial charge is 0.415 e. The van der Waals surface area contributed by atoms with Crippen molar-refractivity contribution in [2.75, 3.05) is 0 Å². The number of halogens is 2. The summed E-state index contributed by atoms with van der Waals surface area (Å²) in [5.74, 6) is 2.02. The molecule has 0 fully saturated rings. The van der Waals surface area contributed by atoms with Gasteiger partial charge in [-0.2, -0.15) is 0 Å². The third kappa shape index (κ3) is 5.18. The number of aromatic nitrogens is 2. The fraction of sp³-hybridized carbons (Fsp3) is 0.125. The van der Waals surface area contributed by atoms with Crippen LogP contribution in [0.2, 0.25) is 10.0 Å². The SMILES string of the molecule is Clc1ccc(CSc2nnc(CSc3ccc(Cl)cc3)o2)cc1. The van der Waals surface area contributed by atoms with Gasteiger partial charge in [-0.05, 0) is 42.0 Å². The minimum Gasteiger partial charge on any atom is -0.415 e. The summed E-state index contributed by atoms with van der Waals surface area (Å²) in [6.07, 6.45) is 0. The summed E-state index contributed by atoms with van der Waals surface area (Å²) >= 11 is 14.9. The highest BCUT2D eigenvalue weighted by Crippen LogP contribution is 2.26. The third-order valence-electron chi connectivity index (χ3n) is 2.90. The Hall–Kier alpha value is -1.14. The minimum atomic E-state index is 0.576. The van der Waals surface area contributed by atoms with Crippen molar-refractivity contribution in [2.24, 2.45) is 0 Å². The molecule has 0 unspecified atom stereocenters. The van der Waals surface area contributed by atoms with Gasteiger partial charge in [0.05, 0.1) is 5.75 Å². The molecule has 0 N–H and O–H groups in total. The van der Waals surface area contributed by atoms with Crippen molar-refractivity contribution < 1.29 is 4.42 Å². The molecule has 0 spiro atoms. The number of benzene rings is 2. The first-order valence-corrected chi connectivity index (χ1v) is 9.50. The van der Waals surface area contributed by atoms with Crippen LogP contribution < -0.4 is 0 Å². The molecular weight excluding hydrogens is 371 g/mol. The zero-order valence-electron chi connectivity index (χ0n) is 11.9. The Labute approximate surface area is 152 Å². The molecular formula is C16H12Cl2N2OS2. The number of hydrogen-bond acceptors (Lipinski definition) is 5. The lowest BCUT2D eigenvalue weighted by molar-refractivity contribution is 0.426. The first-order chi connectivity index (χ1) is 11.2. The van der Waals surface area contributed by atoms with E-state index in [0.29, 0.717) is 16.9 Å². The number of nitrogens with zero attached hydrogens (tertiary/aromatic N) is 2. The van der Waals surface area contributed by atoms with Crippen molar-refractivity contribution in [2.45, 2.75) is 21.6 Å². The Bertz CT molecular complexity index is 697. The molecule has 7 heteroatoms. The predicted molar refractivity (Wildman–Crippen MR) is 96.3 cm³/mol. The van der Waals surface area contributed by atoms with Gasteiger partial charge < -0.3 is 4.42 Å². The molecule has 0 saturated heterocycles. The molecule has 0 bridgehead atoms. The van der Waals surface area contributed by atoms with Gasteiger partial charge in [0, 0.05) is 20.7 Å². The molecule has 3 rings (SSSR count). The van der Waals surface area contributed by atoms with E-state index in [2.05, 4.69) is 10.2 Å². The smallest absolute Gasteiger partial charge is 0.276 e. The van der Waals surface area contributed by atoms with E-state index in [9.17, 15) is 0 Å². The first kappa shape index (κ1) is 16.7. The Balaban J connectivity index is 1.51. The maximum absolute atomic E-state index is 5.87. The summed E-state index contributed by atoms with van der Waals surface area (Å²) in [6, 6.07) is 15.4. The second kappa shape index (κ2) is 8.11. The molecule has 3 aromatic rings. The molecule has 0 amide bonds. The van der Waals surface area contributed by atoms with E-state index in [-0.39, 0.29) is 0 Å². The van der Waals surface area contributed by atoms with Crippen LogP contribution in [0.1, 0.15) is 11.5 Å². The van der Waals surface area contributed by atoms with Crippen LogP contribution in [-0.4, -0.2) is 10.2 Å². The maximum Gasteiger partial charge on any atom is 0.276 e. The molecule has 1 aromatic heterocycles. The van der Waals surface area contributed by atoms with Gasteiger partial charge in [-0.1, -0.05) is 47.1 Å². The molecule has 118 valence electrons. The first-order valence-electron chi connectivity index (χ1n) is 6.77. The van der Waals surface area contributed by atoms with E-state index >= 15 is 0 Å². The van der Waals surface area contributed by atoms with Gasteiger partial charge in [0.1, 0.15) is 0 Å². The fourth-order valence-electron chi connectivity index (χ4n) is 1.76. The van der Waals surface area contributed by atoms with Gasteiger partial charge in [0.15, 0.2) is 0 Å². The molecule has 3 nitrogen and oxygen atoms in total. The lowest BCUT2D eigenvalue weighted by Crippen LogP contribution is -1.80. The summed E-state index contributed by atoms with van der Waals surface area (Å²) in [5, 5.41) is 10.2. The Morgan fingerprint density at radius 2 is 1.43 bits per heavy atom. The van der Waals surface area contributed by atoms with Crippen molar-refractivity contribution in [1.29, 1.82) is 0 Å². The lowest BCUT2D eigenvalue weighted by Gasteiger charge is -1.99. The lowest BCUT2D eigenvalue weighted by atomic mass is 10.2.